The number of carbonyl (C=O) groups excluding carboxylic acids is 1. The van der Waals surface area contributed by atoms with Crippen LogP contribution in [0.4, 0.5) is 0 Å². The lowest BCUT2D eigenvalue weighted by Gasteiger charge is -2.01. The summed E-state index contributed by atoms with van der Waals surface area (Å²) in [6, 6.07) is 3.52. The van der Waals surface area contributed by atoms with Gasteiger partial charge in [0.15, 0.2) is 0 Å². The van der Waals surface area contributed by atoms with Crippen molar-refractivity contribution in [1.82, 2.24) is 35.2 Å². The molecule has 0 bridgehead atoms. The van der Waals surface area contributed by atoms with Crippen LogP contribution in [0.5, 0.6) is 5.88 Å². The molecular formula is C14H15N7O3. The summed E-state index contributed by atoms with van der Waals surface area (Å²) in [4.78, 5) is 23.9. The summed E-state index contributed by atoms with van der Waals surface area (Å²) in [5, 5.41) is 10.4. The molecule has 0 aliphatic carbocycles. The fraction of sp³-hybridized carbons (Fsp3) is 0.286. The molecule has 0 aliphatic heterocycles. The molecule has 3 rings (SSSR count). The van der Waals surface area contributed by atoms with Crippen LogP contribution in [0.25, 0.3) is 11.4 Å². The predicted octanol–water partition coefficient (Wildman–Crippen LogP) is 0.438. The maximum absolute atomic E-state index is 11.7. The molecule has 0 fully saturated rings. The van der Waals surface area contributed by atoms with Crippen molar-refractivity contribution in [3.05, 3.63) is 36.9 Å². The maximum atomic E-state index is 11.7. The first-order valence-electron chi connectivity index (χ1n) is 7.25. The number of rotatable bonds is 7. The van der Waals surface area contributed by atoms with Crippen molar-refractivity contribution in [2.24, 2.45) is 0 Å². The summed E-state index contributed by atoms with van der Waals surface area (Å²) < 4.78 is 11.8. The molecule has 0 unspecified atom stereocenters. The van der Waals surface area contributed by atoms with E-state index in [4.69, 9.17) is 9.26 Å². The summed E-state index contributed by atoms with van der Waals surface area (Å²) in [6.07, 6.45) is 4.43. The molecule has 0 aromatic carbocycles. The van der Waals surface area contributed by atoms with Crippen molar-refractivity contribution >= 4 is 5.91 Å². The van der Waals surface area contributed by atoms with E-state index in [0.717, 1.165) is 0 Å². The van der Waals surface area contributed by atoms with E-state index in [-0.39, 0.29) is 19.0 Å². The van der Waals surface area contributed by atoms with E-state index >= 15 is 0 Å². The normalized spacial score (nSPS) is 10.5. The molecule has 0 atom stereocenters. The molecule has 10 heteroatoms. The first-order chi connectivity index (χ1) is 11.7. The molecule has 3 aromatic heterocycles. The number of nitrogens with one attached hydrogen (secondary N) is 1. The zero-order valence-electron chi connectivity index (χ0n) is 12.9. The van der Waals surface area contributed by atoms with Gasteiger partial charge in [-0.1, -0.05) is 5.16 Å². The number of ether oxygens (including phenoxy) is 1. The van der Waals surface area contributed by atoms with Gasteiger partial charge in [-0.3, -0.25) is 4.79 Å². The van der Waals surface area contributed by atoms with Crippen molar-refractivity contribution < 1.29 is 14.1 Å². The minimum absolute atomic E-state index is 0.0732. The quantitative estimate of drug-likeness (QED) is 0.662. The highest BCUT2D eigenvalue weighted by Crippen LogP contribution is 2.17. The Balaban J connectivity index is 1.56. The van der Waals surface area contributed by atoms with Gasteiger partial charge in [0.1, 0.15) is 19.2 Å². The summed E-state index contributed by atoms with van der Waals surface area (Å²) in [5.74, 6) is 0.991. The van der Waals surface area contributed by atoms with E-state index in [1.54, 1.807) is 18.3 Å². The maximum Gasteiger partial charge on any atom is 0.246 e. The molecule has 10 nitrogen and oxygen atoms in total. The summed E-state index contributed by atoms with van der Waals surface area (Å²) in [6.45, 7) is 2.64. The standard InChI is InChI=1S/C14H15N7O3/c1-2-23-12-4-3-10(5-17-12)14-19-13(24-20-14)6-16-11(22)7-21-9-15-8-18-21/h3-5,8-9H,2,6-7H2,1H3,(H,16,22). The van der Waals surface area contributed by atoms with Gasteiger partial charge in [-0.05, 0) is 13.0 Å². The van der Waals surface area contributed by atoms with Gasteiger partial charge in [0.25, 0.3) is 0 Å². The zero-order chi connectivity index (χ0) is 16.8. The third-order valence-electron chi connectivity index (χ3n) is 2.96. The molecule has 0 aliphatic rings. The smallest absolute Gasteiger partial charge is 0.246 e. The van der Waals surface area contributed by atoms with Crippen LogP contribution in [0.15, 0.2) is 35.5 Å². The number of hydrogen-bond donors (Lipinski definition) is 1. The highest BCUT2D eigenvalue weighted by atomic mass is 16.5. The van der Waals surface area contributed by atoms with Gasteiger partial charge in [-0.15, -0.1) is 0 Å². The van der Waals surface area contributed by atoms with Crippen LogP contribution >= 0.6 is 0 Å². The number of amides is 1. The van der Waals surface area contributed by atoms with Crippen LogP contribution in [-0.4, -0.2) is 42.4 Å². The average molecular weight is 329 g/mol. The Bertz CT molecular complexity index is 783. The van der Waals surface area contributed by atoms with Gasteiger partial charge < -0.3 is 14.6 Å². The van der Waals surface area contributed by atoms with Crippen molar-refractivity contribution in [2.45, 2.75) is 20.0 Å². The van der Waals surface area contributed by atoms with E-state index < -0.39 is 0 Å². The number of aromatic nitrogens is 6. The molecule has 0 spiro atoms. The first kappa shape index (κ1) is 15.6. The molecule has 0 radical (unpaired) electrons. The predicted molar refractivity (Wildman–Crippen MR) is 80.6 cm³/mol. The van der Waals surface area contributed by atoms with Crippen molar-refractivity contribution in [3.63, 3.8) is 0 Å². The molecule has 3 aromatic rings. The van der Waals surface area contributed by atoms with Crippen LogP contribution in [0.3, 0.4) is 0 Å². The number of pyridine rings is 1. The van der Waals surface area contributed by atoms with E-state index in [1.807, 2.05) is 6.92 Å². The molecular weight excluding hydrogens is 314 g/mol. The Labute approximate surface area is 136 Å². The lowest BCUT2D eigenvalue weighted by atomic mass is 10.3. The molecule has 1 N–H and O–H groups in total. The Kier molecular flexibility index (Phi) is 4.75. The highest BCUT2D eigenvalue weighted by Gasteiger charge is 2.11. The summed E-state index contributed by atoms with van der Waals surface area (Å²) >= 11 is 0. The minimum Gasteiger partial charge on any atom is -0.478 e. The number of hydrogen-bond acceptors (Lipinski definition) is 8. The highest BCUT2D eigenvalue weighted by molar-refractivity contribution is 5.75. The monoisotopic (exact) mass is 329 g/mol. The van der Waals surface area contributed by atoms with Gasteiger partial charge in [0.2, 0.25) is 23.5 Å². The van der Waals surface area contributed by atoms with E-state index in [9.17, 15) is 4.79 Å². The van der Waals surface area contributed by atoms with Crippen LogP contribution < -0.4 is 10.1 Å². The van der Waals surface area contributed by atoms with Gasteiger partial charge in [0.05, 0.1) is 13.2 Å². The molecule has 0 saturated carbocycles. The first-order valence-corrected chi connectivity index (χ1v) is 7.25. The molecule has 124 valence electrons. The largest absolute Gasteiger partial charge is 0.478 e. The second-order valence-corrected chi connectivity index (χ2v) is 4.70. The van der Waals surface area contributed by atoms with E-state index in [1.165, 1.54) is 17.3 Å². The Morgan fingerprint density at radius 1 is 1.42 bits per heavy atom. The fourth-order valence-corrected chi connectivity index (χ4v) is 1.88. The molecule has 0 saturated heterocycles. The third-order valence-corrected chi connectivity index (χ3v) is 2.96. The second-order valence-electron chi connectivity index (χ2n) is 4.70. The zero-order valence-corrected chi connectivity index (χ0v) is 12.9. The Morgan fingerprint density at radius 2 is 2.33 bits per heavy atom. The lowest BCUT2D eigenvalue weighted by molar-refractivity contribution is -0.122. The summed E-state index contributed by atoms with van der Waals surface area (Å²) in [5.41, 5.74) is 0.697. The van der Waals surface area contributed by atoms with Crippen molar-refractivity contribution in [3.8, 4) is 17.3 Å². The third kappa shape index (κ3) is 3.91. The minimum atomic E-state index is -0.233. The Morgan fingerprint density at radius 3 is 3.04 bits per heavy atom. The second kappa shape index (κ2) is 7.31. The Hall–Kier alpha value is -3.30. The van der Waals surface area contributed by atoms with Crippen LogP contribution in [-0.2, 0) is 17.9 Å². The number of carbonyl (C=O) groups is 1. The van der Waals surface area contributed by atoms with E-state index in [0.29, 0.717) is 29.8 Å². The van der Waals surface area contributed by atoms with Gasteiger partial charge >= 0.3 is 0 Å². The van der Waals surface area contributed by atoms with Crippen molar-refractivity contribution in [1.29, 1.82) is 0 Å². The van der Waals surface area contributed by atoms with Crippen LogP contribution in [0.2, 0.25) is 0 Å². The molecule has 3 heterocycles. The SMILES string of the molecule is CCOc1ccc(-c2noc(CNC(=O)Cn3cncn3)n2)cn1. The van der Waals surface area contributed by atoms with Gasteiger partial charge in [-0.25, -0.2) is 14.6 Å². The molecule has 1 amide bonds. The average Bonchev–Trinajstić information content (AvgIpc) is 3.26. The summed E-state index contributed by atoms with van der Waals surface area (Å²) in [7, 11) is 0. The van der Waals surface area contributed by atoms with Gasteiger partial charge in [0, 0.05) is 17.8 Å². The van der Waals surface area contributed by atoms with Crippen LogP contribution in [0.1, 0.15) is 12.8 Å². The lowest BCUT2D eigenvalue weighted by Crippen LogP contribution is -2.27. The number of nitrogens with zero attached hydrogens (tertiary/aromatic N) is 6. The van der Waals surface area contributed by atoms with E-state index in [2.05, 4.69) is 30.5 Å². The fourth-order valence-electron chi connectivity index (χ4n) is 1.88. The van der Waals surface area contributed by atoms with Crippen molar-refractivity contribution in [2.75, 3.05) is 6.61 Å². The molecule has 24 heavy (non-hydrogen) atoms. The van der Waals surface area contributed by atoms with Crippen LogP contribution in [0, 0.1) is 0 Å². The van der Waals surface area contributed by atoms with Gasteiger partial charge in [-0.2, -0.15) is 10.1 Å². The topological polar surface area (TPSA) is 121 Å².